The molecule has 0 bridgehead atoms. The molecule has 0 aliphatic carbocycles. The number of rotatable bonds is 10. The van der Waals surface area contributed by atoms with Gasteiger partial charge in [-0.3, -0.25) is 14.2 Å². The van der Waals surface area contributed by atoms with E-state index in [2.05, 4.69) is 20.7 Å². The third-order valence-electron chi connectivity index (χ3n) is 6.57. The Morgan fingerprint density at radius 2 is 1.57 bits per heavy atom. The van der Waals surface area contributed by atoms with Crippen molar-refractivity contribution >= 4 is 48.5 Å². The number of halogens is 1. The summed E-state index contributed by atoms with van der Waals surface area (Å²) in [5.41, 5.74) is 1.67. The fraction of sp³-hybridized carbons (Fsp3) is 0.233. The Bertz CT molecular complexity index is 1710. The second-order valence-electron chi connectivity index (χ2n) is 9.16. The zero-order chi connectivity index (χ0) is 28.9. The summed E-state index contributed by atoms with van der Waals surface area (Å²) in [5.74, 6) is -1.14. The van der Waals surface area contributed by atoms with Gasteiger partial charge in [-0.15, -0.1) is 0 Å². The first-order valence-electron chi connectivity index (χ1n) is 12.5. The monoisotopic (exact) mass is 625 g/mol. The molecule has 0 fully saturated rings. The normalized spacial score (nSPS) is 11.4. The molecule has 8 nitrogen and oxygen atoms in total. The van der Waals surface area contributed by atoms with E-state index < -0.39 is 15.8 Å². The molecular weight excluding hydrogens is 598 g/mol. The highest BCUT2D eigenvalue weighted by molar-refractivity contribution is 9.10. The largest absolute Gasteiger partial charge is 0.469 e. The summed E-state index contributed by atoms with van der Waals surface area (Å²) in [5, 5.41) is 1.04. The van der Waals surface area contributed by atoms with Gasteiger partial charge in [-0.1, -0.05) is 58.4 Å². The Labute approximate surface area is 240 Å². The number of ether oxygens (including phenoxy) is 2. The number of benzene rings is 3. The molecular formula is C30H28BrNO7S. The number of carbonyl (C=O) groups is 2. The Kier molecular flexibility index (Phi) is 9.21. The molecule has 0 spiro atoms. The topological polar surface area (TPSA) is 109 Å². The van der Waals surface area contributed by atoms with Gasteiger partial charge >= 0.3 is 11.9 Å². The van der Waals surface area contributed by atoms with Crippen molar-refractivity contribution in [1.29, 1.82) is 0 Å². The Morgan fingerprint density at radius 3 is 2.23 bits per heavy atom. The van der Waals surface area contributed by atoms with Crippen LogP contribution in [-0.4, -0.2) is 44.9 Å². The number of fused-ring (bicyclic) bond motifs is 1. The number of esters is 2. The highest BCUT2D eigenvalue weighted by Gasteiger charge is 2.24. The predicted octanol–water partition coefficient (Wildman–Crippen LogP) is 5.38. The molecule has 0 aliphatic rings. The van der Waals surface area contributed by atoms with Gasteiger partial charge in [-0.05, 0) is 59.7 Å². The first kappa shape index (κ1) is 29.2. The van der Waals surface area contributed by atoms with Crippen molar-refractivity contribution in [2.45, 2.75) is 30.7 Å². The molecule has 0 aliphatic heterocycles. The number of pyridine rings is 1. The van der Waals surface area contributed by atoms with Crippen LogP contribution in [0.4, 0.5) is 0 Å². The van der Waals surface area contributed by atoms with E-state index in [1.54, 1.807) is 30.3 Å². The number of sulfone groups is 1. The Balaban J connectivity index is 1.74. The van der Waals surface area contributed by atoms with Crippen molar-refractivity contribution in [2.75, 3.05) is 20.0 Å². The second kappa shape index (κ2) is 12.6. The molecule has 0 atom stereocenters. The van der Waals surface area contributed by atoms with Gasteiger partial charge in [-0.25, -0.2) is 13.2 Å². The molecule has 0 unspecified atom stereocenters. The van der Waals surface area contributed by atoms with E-state index in [4.69, 9.17) is 4.74 Å². The van der Waals surface area contributed by atoms with E-state index in [1.807, 2.05) is 30.3 Å². The van der Waals surface area contributed by atoms with Gasteiger partial charge in [0.15, 0.2) is 9.84 Å². The molecule has 0 amide bonds. The van der Waals surface area contributed by atoms with Crippen LogP contribution in [0.3, 0.4) is 0 Å². The SMILES string of the molecule is COC(=O)CCCCS(=O)(=O)c1ccc(Cn2c(C(=O)OC)c(-c3ccccc3)c3cc(Br)ccc3c2=O)cc1. The van der Waals surface area contributed by atoms with Gasteiger partial charge in [0, 0.05) is 21.8 Å². The minimum absolute atomic E-state index is 0.0224. The van der Waals surface area contributed by atoms with E-state index in [1.165, 1.54) is 30.9 Å². The van der Waals surface area contributed by atoms with E-state index >= 15 is 0 Å². The lowest BCUT2D eigenvalue weighted by atomic mass is 9.96. The maximum absolute atomic E-state index is 13.7. The van der Waals surface area contributed by atoms with Crippen LogP contribution in [0.5, 0.6) is 0 Å². The number of aromatic nitrogens is 1. The molecule has 3 aromatic carbocycles. The van der Waals surface area contributed by atoms with E-state index in [9.17, 15) is 22.8 Å². The summed E-state index contributed by atoms with van der Waals surface area (Å²) in [7, 11) is -1.00. The van der Waals surface area contributed by atoms with Crippen molar-refractivity contribution in [2.24, 2.45) is 0 Å². The lowest BCUT2D eigenvalue weighted by Gasteiger charge is -2.19. The van der Waals surface area contributed by atoms with E-state index in [0.717, 1.165) is 10.0 Å². The van der Waals surface area contributed by atoms with Gasteiger partial charge in [-0.2, -0.15) is 0 Å². The van der Waals surface area contributed by atoms with Crippen molar-refractivity contribution in [3.05, 3.63) is 98.9 Å². The summed E-state index contributed by atoms with van der Waals surface area (Å²) in [6, 6.07) is 20.8. The maximum atomic E-state index is 13.7. The number of hydrogen-bond donors (Lipinski definition) is 0. The number of carbonyl (C=O) groups excluding carboxylic acids is 2. The summed E-state index contributed by atoms with van der Waals surface area (Å²) in [6.45, 7) is 0.0224. The Morgan fingerprint density at radius 1 is 0.875 bits per heavy atom. The van der Waals surface area contributed by atoms with Gasteiger partial charge in [0.25, 0.3) is 5.56 Å². The number of methoxy groups -OCH3 is 2. The molecule has 1 heterocycles. The van der Waals surface area contributed by atoms with Crippen LogP contribution in [0.2, 0.25) is 0 Å². The summed E-state index contributed by atoms with van der Waals surface area (Å²) in [6.07, 6.45) is 0.897. The molecule has 1 aromatic heterocycles. The van der Waals surface area contributed by atoms with Crippen molar-refractivity contribution in [1.82, 2.24) is 4.57 Å². The zero-order valence-electron chi connectivity index (χ0n) is 22.1. The van der Waals surface area contributed by atoms with Crippen molar-refractivity contribution < 1.29 is 27.5 Å². The highest BCUT2D eigenvalue weighted by atomic mass is 79.9. The lowest BCUT2D eigenvalue weighted by Crippen LogP contribution is -2.28. The van der Waals surface area contributed by atoms with Crippen molar-refractivity contribution in [3.8, 4) is 11.1 Å². The van der Waals surface area contributed by atoms with Crippen molar-refractivity contribution in [3.63, 3.8) is 0 Å². The van der Waals surface area contributed by atoms with Crippen LogP contribution in [0.25, 0.3) is 21.9 Å². The first-order valence-corrected chi connectivity index (χ1v) is 15.0. The highest BCUT2D eigenvalue weighted by Crippen LogP contribution is 2.33. The zero-order valence-corrected chi connectivity index (χ0v) is 24.5. The van der Waals surface area contributed by atoms with Crippen LogP contribution >= 0.6 is 15.9 Å². The van der Waals surface area contributed by atoms with Crippen LogP contribution in [-0.2, 0) is 30.7 Å². The van der Waals surface area contributed by atoms with Crippen LogP contribution in [0.1, 0.15) is 35.3 Å². The average Bonchev–Trinajstić information content (AvgIpc) is 2.96. The summed E-state index contributed by atoms with van der Waals surface area (Å²) >= 11 is 3.47. The molecule has 0 saturated heterocycles. The molecule has 4 aromatic rings. The molecule has 0 saturated carbocycles. The van der Waals surface area contributed by atoms with Gasteiger partial charge in [0.05, 0.1) is 31.4 Å². The van der Waals surface area contributed by atoms with Crippen LogP contribution in [0, 0.1) is 0 Å². The molecule has 0 radical (unpaired) electrons. The summed E-state index contributed by atoms with van der Waals surface area (Å²) in [4.78, 5) is 38.3. The lowest BCUT2D eigenvalue weighted by molar-refractivity contribution is -0.140. The maximum Gasteiger partial charge on any atom is 0.355 e. The predicted molar refractivity (Wildman–Crippen MR) is 156 cm³/mol. The molecule has 10 heteroatoms. The molecule has 0 N–H and O–H groups in total. The van der Waals surface area contributed by atoms with Gasteiger partial charge in [0.2, 0.25) is 0 Å². The second-order valence-corrected chi connectivity index (χ2v) is 12.2. The van der Waals surface area contributed by atoms with E-state index in [-0.39, 0.29) is 40.8 Å². The van der Waals surface area contributed by atoms with E-state index in [0.29, 0.717) is 34.7 Å². The smallest absolute Gasteiger partial charge is 0.355 e. The summed E-state index contributed by atoms with van der Waals surface area (Å²) < 4.78 is 37.4. The number of hydrogen-bond acceptors (Lipinski definition) is 7. The molecule has 40 heavy (non-hydrogen) atoms. The minimum Gasteiger partial charge on any atom is -0.469 e. The van der Waals surface area contributed by atoms with Crippen LogP contribution < -0.4 is 5.56 Å². The Hall–Kier alpha value is -3.76. The molecule has 4 rings (SSSR count). The minimum atomic E-state index is -3.56. The fourth-order valence-electron chi connectivity index (χ4n) is 4.54. The quantitative estimate of drug-likeness (QED) is 0.172. The standard InChI is InChI=1S/C30H28BrNO7S/c1-38-26(33)10-6-7-17-40(36,37)23-14-11-20(12-15-23)19-32-28(30(35)39-2)27(21-8-4-3-5-9-21)25-18-22(31)13-16-24(25)29(32)34/h3-5,8-9,11-16,18H,6-7,10,17,19H2,1-2H3. The number of unbranched alkanes of at least 4 members (excludes halogenated alkanes) is 1. The van der Waals surface area contributed by atoms with Gasteiger partial charge in [0.1, 0.15) is 5.69 Å². The fourth-order valence-corrected chi connectivity index (χ4v) is 6.27. The third kappa shape index (κ3) is 6.34. The number of nitrogens with zero attached hydrogens (tertiary/aromatic N) is 1. The van der Waals surface area contributed by atoms with Gasteiger partial charge < -0.3 is 9.47 Å². The first-order chi connectivity index (χ1) is 19.2. The third-order valence-corrected chi connectivity index (χ3v) is 8.88. The van der Waals surface area contributed by atoms with Crippen LogP contribution in [0.15, 0.2) is 87.0 Å². The average molecular weight is 627 g/mol. The molecule has 208 valence electrons.